The van der Waals surface area contributed by atoms with Gasteiger partial charge in [-0.1, -0.05) is 68.6 Å². The largest absolute Gasteiger partial charge is 0.295 e. The molecule has 0 spiro atoms. The molecular formula is C18H20NP. The Labute approximate surface area is 122 Å². The van der Waals surface area contributed by atoms with E-state index in [-0.39, 0.29) is 7.92 Å². The van der Waals surface area contributed by atoms with Gasteiger partial charge in [-0.05, 0) is 29.1 Å². The molecule has 0 unspecified atom stereocenters. The summed E-state index contributed by atoms with van der Waals surface area (Å²) in [6, 6.07) is 23.0. The highest BCUT2D eigenvalue weighted by Gasteiger charge is 2.44. The van der Waals surface area contributed by atoms with Gasteiger partial charge < -0.3 is 0 Å². The van der Waals surface area contributed by atoms with Crippen molar-refractivity contribution in [2.75, 3.05) is 12.7 Å². The van der Waals surface area contributed by atoms with E-state index in [1.54, 1.807) is 5.30 Å². The first kappa shape index (κ1) is 12.6. The second-order valence-corrected chi connectivity index (χ2v) is 8.50. The maximum atomic E-state index is 2.71. The minimum absolute atomic E-state index is 0.103. The molecule has 2 aliphatic rings. The third-order valence-corrected chi connectivity index (χ3v) is 7.70. The van der Waals surface area contributed by atoms with E-state index in [9.17, 15) is 0 Å². The van der Waals surface area contributed by atoms with Gasteiger partial charge in [-0.15, -0.1) is 0 Å². The Kier molecular flexibility index (Phi) is 3.34. The van der Waals surface area contributed by atoms with E-state index in [0.29, 0.717) is 0 Å². The molecule has 20 heavy (non-hydrogen) atoms. The fourth-order valence-electron chi connectivity index (χ4n) is 3.70. The van der Waals surface area contributed by atoms with Crippen LogP contribution in [0.5, 0.6) is 0 Å². The number of benzene rings is 2. The van der Waals surface area contributed by atoms with E-state index >= 15 is 0 Å². The maximum absolute atomic E-state index is 2.71. The van der Waals surface area contributed by atoms with Crippen LogP contribution in [0, 0.1) is 0 Å². The van der Waals surface area contributed by atoms with E-state index in [1.165, 1.54) is 24.7 Å². The van der Waals surface area contributed by atoms with E-state index in [1.807, 2.05) is 0 Å². The molecule has 2 aliphatic heterocycles. The smallest absolute Gasteiger partial charge is 0.0237 e. The summed E-state index contributed by atoms with van der Waals surface area (Å²) in [6.07, 6.45) is 2.84. The molecule has 2 heterocycles. The molecule has 0 amide bonds. The summed E-state index contributed by atoms with van der Waals surface area (Å²) in [5.74, 6) is 0. The molecule has 0 saturated carbocycles. The SMILES string of the molecule is c1ccc(CN2C[C@@H]3C[C@H]2C[P@@]3c2ccccc2)cc1. The Bertz CT molecular complexity index is 568. The van der Waals surface area contributed by atoms with Crippen LogP contribution in [0.25, 0.3) is 0 Å². The molecule has 0 aromatic heterocycles. The molecule has 2 heteroatoms. The van der Waals surface area contributed by atoms with Crippen molar-refractivity contribution in [1.82, 2.24) is 4.90 Å². The molecule has 4 rings (SSSR count). The minimum atomic E-state index is 0.103. The van der Waals surface area contributed by atoms with Gasteiger partial charge in [-0.3, -0.25) is 4.90 Å². The van der Waals surface area contributed by atoms with Crippen molar-refractivity contribution in [3.05, 3.63) is 66.2 Å². The van der Waals surface area contributed by atoms with Crippen LogP contribution in [-0.2, 0) is 6.54 Å². The number of nitrogens with zero attached hydrogens (tertiary/aromatic N) is 1. The van der Waals surface area contributed by atoms with E-state index in [2.05, 4.69) is 65.6 Å². The van der Waals surface area contributed by atoms with Crippen LogP contribution in [0.2, 0.25) is 0 Å². The van der Waals surface area contributed by atoms with Crippen molar-refractivity contribution >= 4 is 13.2 Å². The first-order valence-electron chi connectivity index (χ1n) is 7.50. The van der Waals surface area contributed by atoms with Crippen LogP contribution < -0.4 is 5.30 Å². The summed E-state index contributed by atoms with van der Waals surface area (Å²) in [5.41, 5.74) is 2.39. The van der Waals surface area contributed by atoms with Gasteiger partial charge in [0.15, 0.2) is 0 Å². The molecule has 0 radical (unpaired) electrons. The fraction of sp³-hybridized carbons (Fsp3) is 0.333. The standard InChI is InChI=1S/C18H20NP/c1-3-7-15(8-4-1)12-19-13-18-11-16(19)14-20(18)17-9-5-2-6-10-17/h1-10,16,18H,11-14H2/t16-,18-,20-/m0/s1. The van der Waals surface area contributed by atoms with Crippen molar-refractivity contribution < 1.29 is 0 Å². The fourth-order valence-corrected chi connectivity index (χ4v) is 6.92. The van der Waals surface area contributed by atoms with E-state index in [4.69, 9.17) is 0 Å². The van der Waals surface area contributed by atoms with Gasteiger partial charge in [0.05, 0.1) is 0 Å². The first-order valence-corrected chi connectivity index (χ1v) is 9.09. The average Bonchev–Trinajstić information content (AvgIpc) is 3.09. The molecule has 2 aromatic rings. The highest BCUT2D eigenvalue weighted by atomic mass is 31.1. The molecule has 2 fully saturated rings. The zero-order chi connectivity index (χ0) is 13.4. The molecule has 2 bridgehead atoms. The van der Waals surface area contributed by atoms with Crippen LogP contribution in [-0.4, -0.2) is 29.3 Å². The predicted octanol–water partition coefficient (Wildman–Crippen LogP) is 3.45. The summed E-state index contributed by atoms with van der Waals surface area (Å²) in [4.78, 5) is 2.71. The second-order valence-electron chi connectivity index (χ2n) is 5.95. The monoisotopic (exact) mass is 281 g/mol. The van der Waals surface area contributed by atoms with Crippen LogP contribution >= 0.6 is 7.92 Å². The molecule has 1 nitrogen and oxygen atoms in total. The van der Waals surface area contributed by atoms with Crippen LogP contribution in [0.4, 0.5) is 0 Å². The van der Waals surface area contributed by atoms with Gasteiger partial charge in [-0.25, -0.2) is 0 Å². The molecule has 2 aromatic carbocycles. The van der Waals surface area contributed by atoms with Crippen molar-refractivity contribution in [3.8, 4) is 0 Å². The molecule has 0 aliphatic carbocycles. The Balaban J connectivity index is 1.45. The van der Waals surface area contributed by atoms with Crippen molar-refractivity contribution in [2.45, 2.75) is 24.7 Å². The highest BCUT2D eigenvalue weighted by Crippen LogP contribution is 2.54. The molecule has 0 N–H and O–H groups in total. The number of hydrogen-bond donors (Lipinski definition) is 0. The van der Waals surface area contributed by atoms with E-state index in [0.717, 1.165) is 18.2 Å². The summed E-state index contributed by atoms with van der Waals surface area (Å²) in [5, 5.41) is 1.62. The van der Waals surface area contributed by atoms with Gasteiger partial charge in [0.25, 0.3) is 0 Å². The Morgan fingerprint density at radius 3 is 2.30 bits per heavy atom. The van der Waals surface area contributed by atoms with Gasteiger partial charge in [0, 0.05) is 19.1 Å². The minimum Gasteiger partial charge on any atom is -0.295 e. The van der Waals surface area contributed by atoms with Crippen molar-refractivity contribution in [3.63, 3.8) is 0 Å². The van der Waals surface area contributed by atoms with Gasteiger partial charge in [-0.2, -0.15) is 0 Å². The summed E-state index contributed by atoms with van der Waals surface area (Å²) in [6.45, 7) is 2.44. The lowest BCUT2D eigenvalue weighted by Crippen LogP contribution is -2.35. The topological polar surface area (TPSA) is 3.24 Å². The zero-order valence-electron chi connectivity index (χ0n) is 11.7. The third-order valence-electron chi connectivity index (χ3n) is 4.67. The van der Waals surface area contributed by atoms with Crippen molar-refractivity contribution in [2.24, 2.45) is 0 Å². The quantitative estimate of drug-likeness (QED) is 0.779. The Hall–Kier alpha value is -1.17. The van der Waals surface area contributed by atoms with Gasteiger partial charge in [0.2, 0.25) is 0 Å². The Morgan fingerprint density at radius 2 is 1.65 bits per heavy atom. The van der Waals surface area contributed by atoms with Crippen LogP contribution in [0.15, 0.2) is 60.7 Å². The maximum Gasteiger partial charge on any atom is 0.0237 e. The molecule has 2 saturated heterocycles. The lowest BCUT2D eigenvalue weighted by Gasteiger charge is -2.32. The number of likely N-dealkylation sites (tertiary alicyclic amines) is 1. The summed E-state index contributed by atoms with van der Waals surface area (Å²) < 4.78 is 0. The third kappa shape index (κ3) is 2.30. The average molecular weight is 281 g/mol. The lowest BCUT2D eigenvalue weighted by molar-refractivity contribution is 0.259. The van der Waals surface area contributed by atoms with Crippen LogP contribution in [0.3, 0.4) is 0 Å². The van der Waals surface area contributed by atoms with Crippen molar-refractivity contribution in [1.29, 1.82) is 0 Å². The number of fused-ring (bicyclic) bond motifs is 2. The Morgan fingerprint density at radius 1 is 0.950 bits per heavy atom. The number of hydrogen-bond acceptors (Lipinski definition) is 1. The van der Waals surface area contributed by atoms with Gasteiger partial charge >= 0.3 is 0 Å². The second kappa shape index (κ2) is 5.31. The number of rotatable bonds is 3. The molecular weight excluding hydrogens is 261 g/mol. The zero-order valence-corrected chi connectivity index (χ0v) is 12.5. The normalized spacial score (nSPS) is 28.9. The summed E-state index contributed by atoms with van der Waals surface area (Å²) in [7, 11) is 0.103. The van der Waals surface area contributed by atoms with Crippen LogP contribution in [0.1, 0.15) is 12.0 Å². The first-order chi connectivity index (χ1) is 9.90. The lowest BCUT2D eigenvalue weighted by atomic mass is 10.2. The molecule has 3 atom stereocenters. The molecule has 102 valence electrons. The summed E-state index contributed by atoms with van der Waals surface area (Å²) >= 11 is 0. The van der Waals surface area contributed by atoms with E-state index < -0.39 is 0 Å². The van der Waals surface area contributed by atoms with Gasteiger partial charge in [0.1, 0.15) is 0 Å². The highest BCUT2D eigenvalue weighted by molar-refractivity contribution is 7.66. The predicted molar refractivity (Wildman–Crippen MR) is 86.9 cm³/mol.